The molecule has 0 fully saturated rings. The van der Waals surface area contributed by atoms with Crippen molar-refractivity contribution in [3.63, 3.8) is 0 Å². The van der Waals surface area contributed by atoms with Crippen LogP contribution in [-0.2, 0) is 37.5 Å². The van der Waals surface area contributed by atoms with E-state index in [0.717, 1.165) is 38.5 Å². The van der Waals surface area contributed by atoms with Gasteiger partial charge in [-0.05, 0) is 38.5 Å². The SMILES string of the molecule is CCCCCCCC/C=C/CCCCCCCCCCCC(=O)OC[C@H](COP(=O)(O)OC[C@H](N)C(=O)O)OC(=O)CCCCCCCCCCCCCCCCCCCCC. The fourth-order valence-electron chi connectivity index (χ4n) is 7.47. The topological polar surface area (TPSA) is 172 Å². The molecule has 0 aliphatic rings. The highest BCUT2D eigenvalue weighted by molar-refractivity contribution is 7.47. The van der Waals surface area contributed by atoms with Crippen molar-refractivity contribution in [2.45, 2.75) is 270 Å². The van der Waals surface area contributed by atoms with Crippen LogP contribution in [0.15, 0.2) is 12.2 Å². The first-order valence-electron chi connectivity index (χ1n) is 25.7. The number of hydrogen-bond donors (Lipinski definition) is 3. The smallest absolute Gasteiger partial charge is 0.472 e. The Kier molecular flexibility index (Phi) is 44.5. The zero-order valence-corrected chi connectivity index (χ0v) is 40.9. The molecule has 1 unspecified atom stereocenters. The third-order valence-corrected chi connectivity index (χ3v) is 12.5. The van der Waals surface area contributed by atoms with E-state index < -0.39 is 51.1 Å². The predicted molar refractivity (Wildman–Crippen MR) is 254 cm³/mol. The number of carboxylic acid groups (broad SMARTS) is 1. The Bertz CT molecular complexity index is 1110. The number of unbranched alkanes of at least 4 members (excludes halogenated alkanes) is 33. The lowest BCUT2D eigenvalue weighted by Crippen LogP contribution is -2.34. The summed E-state index contributed by atoms with van der Waals surface area (Å²) in [6, 6.07) is -1.52. The molecule has 0 saturated heterocycles. The molecule has 11 nitrogen and oxygen atoms in total. The summed E-state index contributed by atoms with van der Waals surface area (Å²) in [5.74, 6) is -2.36. The third-order valence-electron chi connectivity index (χ3n) is 11.5. The summed E-state index contributed by atoms with van der Waals surface area (Å²) in [6.07, 6.45) is 48.4. The van der Waals surface area contributed by atoms with Crippen molar-refractivity contribution in [2.24, 2.45) is 5.73 Å². The van der Waals surface area contributed by atoms with E-state index in [0.29, 0.717) is 12.8 Å². The summed E-state index contributed by atoms with van der Waals surface area (Å²) in [6.45, 7) is 2.85. The minimum atomic E-state index is -4.72. The van der Waals surface area contributed by atoms with Gasteiger partial charge < -0.3 is 25.2 Å². The Morgan fingerprint density at radius 3 is 1.18 bits per heavy atom. The van der Waals surface area contributed by atoms with Gasteiger partial charge in [0.1, 0.15) is 12.6 Å². The molecule has 0 rings (SSSR count). The lowest BCUT2D eigenvalue weighted by atomic mass is 10.0. The number of hydrogen-bond acceptors (Lipinski definition) is 9. The second-order valence-corrected chi connectivity index (χ2v) is 19.1. The highest BCUT2D eigenvalue weighted by atomic mass is 31.2. The second kappa shape index (κ2) is 45.8. The Hall–Kier alpha value is -1.78. The van der Waals surface area contributed by atoms with Gasteiger partial charge in [-0.3, -0.25) is 23.4 Å². The standard InChI is InChI=1S/C50H96NO10P/c1-3-5-7-9-11-13-15-17-19-21-23-25-27-29-31-33-35-37-39-41-48(52)58-43-46(44-59-62(56,57)60-45-47(51)50(54)55)61-49(53)42-40-38-36-34-32-30-28-26-24-22-20-18-16-14-12-10-8-6-4-2/h17,19,46-47H,3-16,18,20-45,51H2,1-2H3,(H,54,55)(H,56,57)/b19-17+/t46-,47+/m1/s1. The zero-order chi connectivity index (χ0) is 45.6. The molecule has 0 radical (unpaired) electrons. The molecule has 0 heterocycles. The van der Waals surface area contributed by atoms with Crippen LogP contribution in [0.1, 0.15) is 258 Å². The molecule has 0 aromatic rings. The van der Waals surface area contributed by atoms with E-state index in [-0.39, 0.29) is 19.4 Å². The molecule has 62 heavy (non-hydrogen) atoms. The first-order valence-corrected chi connectivity index (χ1v) is 27.2. The van der Waals surface area contributed by atoms with E-state index in [1.165, 1.54) is 180 Å². The molecule has 0 saturated carbocycles. The fourth-order valence-corrected chi connectivity index (χ4v) is 8.25. The van der Waals surface area contributed by atoms with Gasteiger partial charge in [-0.15, -0.1) is 0 Å². The van der Waals surface area contributed by atoms with Gasteiger partial charge in [-0.2, -0.15) is 0 Å². The van der Waals surface area contributed by atoms with Crippen LogP contribution in [0.2, 0.25) is 0 Å². The summed E-state index contributed by atoms with van der Waals surface area (Å²) >= 11 is 0. The van der Waals surface area contributed by atoms with Crippen molar-refractivity contribution in [2.75, 3.05) is 19.8 Å². The maximum Gasteiger partial charge on any atom is 0.472 e. The first-order chi connectivity index (χ1) is 30.1. The highest BCUT2D eigenvalue weighted by Gasteiger charge is 2.28. The monoisotopic (exact) mass is 902 g/mol. The highest BCUT2D eigenvalue weighted by Crippen LogP contribution is 2.43. The number of carbonyl (C=O) groups is 3. The molecule has 0 bridgehead atoms. The molecule has 0 aromatic heterocycles. The van der Waals surface area contributed by atoms with Crippen molar-refractivity contribution in [3.05, 3.63) is 12.2 Å². The van der Waals surface area contributed by atoms with Gasteiger partial charge in [0.2, 0.25) is 0 Å². The molecule has 0 aliphatic carbocycles. The van der Waals surface area contributed by atoms with E-state index in [2.05, 4.69) is 30.5 Å². The van der Waals surface area contributed by atoms with Crippen LogP contribution in [0, 0.1) is 0 Å². The fraction of sp³-hybridized carbons (Fsp3) is 0.900. The van der Waals surface area contributed by atoms with Gasteiger partial charge in [0, 0.05) is 12.8 Å². The molecular weight excluding hydrogens is 806 g/mol. The molecule has 12 heteroatoms. The van der Waals surface area contributed by atoms with Crippen LogP contribution in [0.3, 0.4) is 0 Å². The average molecular weight is 902 g/mol. The predicted octanol–water partition coefficient (Wildman–Crippen LogP) is 14.4. The van der Waals surface area contributed by atoms with Crippen molar-refractivity contribution in [3.8, 4) is 0 Å². The molecular formula is C50H96NO10P. The molecule has 3 atom stereocenters. The third kappa shape index (κ3) is 44.8. The van der Waals surface area contributed by atoms with Crippen molar-refractivity contribution in [1.82, 2.24) is 0 Å². The minimum absolute atomic E-state index is 0.167. The quantitative estimate of drug-likeness (QED) is 0.0230. The van der Waals surface area contributed by atoms with Crippen molar-refractivity contribution >= 4 is 25.7 Å². The Morgan fingerprint density at radius 2 is 0.806 bits per heavy atom. The minimum Gasteiger partial charge on any atom is -0.480 e. The molecule has 366 valence electrons. The van der Waals surface area contributed by atoms with Crippen LogP contribution in [0.5, 0.6) is 0 Å². The van der Waals surface area contributed by atoms with E-state index in [1.54, 1.807) is 0 Å². The summed E-state index contributed by atoms with van der Waals surface area (Å²) in [5, 5.41) is 8.92. The Morgan fingerprint density at radius 1 is 0.484 bits per heavy atom. The van der Waals surface area contributed by atoms with Crippen LogP contribution < -0.4 is 5.73 Å². The van der Waals surface area contributed by atoms with Gasteiger partial charge in [0.15, 0.2) is 6.10 Å². The molecule has 4 N–H and O–H groups in total. The number of rotatable bonds is 49. The Balaban J connectivity index is 4.21. The number of esters is 2. The van der Waals surface area contributed by atoms with Crippen LogP contribution in [0.4, 0.5) is 0 Å². The number of ether oxygens (including phenoxy) is 2. The van der Waals surface area contributed by atoms with Crippen LogP contribution >= 0.6 is 7.82 Å². The van der Waals surface area contributed by atoms with E-state index in [9.17, 15) is 23.8 Å². The van der Waals surface area contributed by atoms with E-state index in [1.807, 2.05) is 0 Å². The first kappa shape index (κ1) is 60.2. The lowest BCUT2D eigenvalue weighted by molar-refractivity contribution is -0.161. The van der Waals surface area contributed by atoms with Crippen LogP contribution in [-0.4, -0.2) is 59.9 Å². The summed E-state index contributed by atoms with van der Waals surface area (Å²) in [7, 11) is -4.72. The largest absolute Gasteiger partial charge is 0.480 e. The number of phosphoric ester groups is 1. The van der Waals surface area contributed by atoms with Gasteiger partial charge in [0.05, 0.1) is 13.2 Å². The number of allylic oxidation sites excluding steroid dienone is 2. The van der Waals surface area contributed by atoms with Crippen LogP contribution in [0.25, 0.3) is 0 Å². The zero-order valence-electron chi connectivity index (χ0n) is 40.0. The second-order valence-electron chi connectivity index (χ2n) is 17.7. The number of phosphoric acid groups is 1. The van der Waals surface area contributed by atoms with Gasteiger partial charge in [0.25, 0.3) is 0 Å². The normalized spacial score (nSPS) is 13.6. The maximum atomic E-state index is 12.7. The number of aliphatic carboxylic acids is 1. The maximum absolute atomic E-state index is 12.7. The Labute approximate surface area is 379 Å². The van der Waals surface area contributed by atoms with Gasteiger partial charge in [-0.1, -0.05) is 219 Å². The summed E-state index contributed by atoms with van der Waals surface area (Å²) in [5.41, 5.74) is 5.35. The molecule has 0 aliphatic heterocycles. The molecule has 0 aromatic carbocycles. The number of carboxylic acids is 1. The van der Waals surface area contributed by atoms with E-state index in [4.69, 9.17) is 24.8 Å². The number of nitrogens with two attached hydrogens (primary N) is 1. The number of carbonyl (C=O) groups excluding carboxylic acids is 2. The molecule has 0 spiro atoms. The summed E-state index contributed by atoms with van der Waals surface area (Å²) in [4.78, 5) is 46.2. The molecule has 0 amide bonds. The van der Waals surface area contributed by atoms with Gasteiger partial charge in [-0.25, -0.2) is 4.57 Å². The van der Waals surface area contributed by atoms with Gasteiger partial charge >= 0.3 is 25.7 Å². The summed E-state index contributed by atoms with van der Waals surface area (Å²) < 4.78 is 32.9. The lowest BCUT2D eigenvalue weighted by Gasteiger charge is -2.20. The van der Waals surface area contributed by atoms with Crippen molar-refractivity contribution < 1.29 is 47.5 Å². The van der Waals surface area contributed by atoms with Crippen molar-refractivity contribution in [1.29, 1.82) is 0 Å². The average Bonchev–Trinajstić information content (AvgIpc) is 3.25. The van der Waals surface area contributed by atoms with E-state index >= 15 is 0 Å².